The molecule has 0 bridgehead atoms. The number of fused-ring (bicyclic) bond motifs is 1. The Bertz CT molecular complexity index is 1640. The summed E-state index contributed by atoms with van der Waals surface area (Å²) in [7, 11) is 1.85. The van der Waals surface area contributed by atoms with Gasteiger partial charge in [-0.3, -0.25) is 9.48 Å². The van der Waals surface area contributed by atoms with E-state index >= 15 is 0 Å². The molecule has 0 fully saturated rings. The summed E-state index contributed by atoms with van der Waals surface area (Å²) in [5, 5.41) is 5.29. The summed E-state index contributed by atoms with van der Waals surface area (Å²) in [5.41, 5.74) is 4.73. The largest absolute Gasteiger partial charge is 0.318 e. The molecule has 0 spiro atoms. The molecule has 6 aromatic rings. The van der Waals surface area contributed by atoms with Crippen LogP contribution in [0.25, 0.3) is 17.0 Å². The zero-order valence-corrected chi connectivity index (χ0v) is 21.0. The van der Waals surface area contributed by atoms with Gasteiger partial charge in [-0.05, 0) is 34.9 Å². The Morgan fingerprint density at radius 1 is 0.737 bits per heavy atom. The van der Waals surface area contributed by atoms with Crippen LogP contribution < -0.4 is 0 Å². The second kappa shape index (κ2) is 9.79. The molecule has 4 aromatic carbocycles. The first-order chi connectivity index (χ1) is 18.7. The maximum atomic E-state index is 13.1. The molecule has 0 unspecified atom stereocenters. The quantitative estimate of drug-likeness (QED) is 0.144. The highest BCUT2D eigenvalue weighted by Gasteiger charge is 2.38. The predicted molar refractivity (Wildman–Crippen MR) is 151 cm³/mol. The zero-order valence-electron chi connectivity index (χ0n) is 21.0. The minimum atomic E-state index is -0.649. The average Bonchev–Trinajstić information content (AvgIpc) is 3.59. The summed E-state index contributed by atoms with van der Waals surface area (Å²) in [6.07, 6.45) is 7.14. The lowest BCUT2D eigenvalue weighted by molar-refractivity contribution is 0.104. The van der Waals surface area contributed by atoms with Gasteiger partial charge in [0.2, 0.25) is 5.78 Å². The highest BCUT2D eigenvalue weighted by Crippen LogP contribution is 2.40. The van der Waals surface area contributed by atoms with E-state index in [1.807, 2.05) is 62.0 Å². The summed E-state index contributed by atoms with van der Waals surface area (Å²) in [6.45, 7) is 0. The maximum absolute atomic E-state index is 13.1. The lowest BCUT2D eigenvalue weighted by atomic mass is 9.77. The van der Waals surface area contributed by atoms with Crippen LogP contribution >= 0.6 is 0 Å². The number of ketones is 1. The fraction of sp³-hybridized carbons (Fsp3) is 0.0606. The van der Waals surface area contributed by atoms with Gasteiger partial charge >= 0.3 is 0 Å². The molecule has 38 heavy (non-hydrogen) atoms. The molecular weight excluding hydrogens is 468 g/mol. The summed E-state index contributed by atoms with van der Waals surface area (Å²) < 4.78 is 3.87. The van der Waals surface area contributed by atoms with Crippen molar-refractivity contribution in [2.45, 2.75) is 5.54 Å². The van der Waals surface area contributed by atoms with Gasteiger partial charge in [-0.25, -0.2) is 4.98 Å². The molecule has 0 aliphatic carbocycles. The number of rotatable bonds is 7. The van der Waals surface area contributed by atoms with Crippen molar-refractivity contribution in [2.75, 3.05) is 0 Å². The number of imidazole rings is 1. The SMILES string of the molecule is Cn1nc(C(=O)/C=C/c2cn(C(c3ccccc3)(c3ccccc3)c3ccccc3)cn2)c2ccccc21. The molecule has 0 atom stereocenters. The van der Waals surface area contributed by atoms with Crippen LogP contribution in [0.3, 0.4) is 0 Å². The van der Waals surface area contributed by atoms with E-state index in [9.17, 15) is 4.79 Å². The van der Waals surface area contributed by atoms with Gasteiger partial charge in [0.15, 0.2) is 0 Å². The van der Waals surface area contributed by atoms with Crippen molar-refractivity contribution in [2.24, 2.45) is 7.05 Å². The van der Waals surface area contributed by atoms with Gasteiger partial charge in [0, 0.05) is 18.6 Å². The Balaban J connectivity index is 1.45. The smallest absolute Gasteiger partial charge is 0.206 e. The van der Waals surface area contributed by atoms with E-state index in [0.717, 1.165) is 27.6 Å². The molecule has 5 nitrogen and oxygen atoms in total. The normalized spacial score (nSPS) is 11.8. The van der Waals surface area contributed by atoms with Crippen LogP contribution in [0, 0.1) is 0 Å². The third-order valence-corrected chi connectivity index (χ3v) is 6.96. The number of hydrogen-bond donors (Lipinski definition) is 0. The van der Waals surface area contributed by atoms with Crippen molar-refractivity contribution >= 4 is 22.8 Å². The second-order valence-corrected chi connectivity index (χ2v) is 9.20. The van der Waals surface area contributed by atoms with Crippen molar-refractivity contribution in [3.8, 4) is 0 Å². The number of carbonyl (C=O) groups excluding carboxylic acids is 1. The van der Waals surface area contributed by atoms with Crippen molar-refractivity contribution in [1.82, 2.24) is 19.3 Å². The van der Waals surface area contributed by atoms with Crippen molar-refractivity contribution in [3.63, 3.8) is 0 Å². The van der Waals surface area contributed by atoms with E-state index in [0.29, 0.717) is 11.4 Å². The van der Waals surface area contributed by atoms with Crippen LogP contribution in [-0.4, -0.2) is 25.1 Å². The van der Waals surface area contributed by atoms with Crippen LogP contribution in [0.5, 0.6) is 0 Å². The third-order valence-electron chi connectivity index (χ3n) is 6.96. The topological polar surface area (TPSA) is 52.7 Å². The van der Waals surface area contributed by atoms with Gasteiger partial charge in [0.1, 0.15) is 11.2 Å². The van der Waals surface area contributed by atoms with Crippen LogP contribution in [-0.2, 0) is 12.6 Å². The van der Waals surface area contributed by atoms with Crippen molar-refractivity contribution < 1.29 is 4.79 Å². The first kappa shape index (κ1) is 23.4. The Morgan fingerprint density at radius 3 is 1.84 bits per heavy atom. The van der Waals surface area contributed by atoms with Gasteiger partial charge in [0.25, 0.3) is 0 Å². The molecule has 0 aliphatic rings. The molecule has 2 aromatic heterocycles. The molecule has 0 radical (unpaired) electrons. The Hall–Kier alpha value is -5.03. The predicted octanol–water partition coefficient (Wildman–Crippen LogP) is 6.51. The monoisotopic (exact) mass is 494 g/mol. The number of allylic oxidation sites excluding steroid dienone is 1. The van der Waals surface area contributed by atoms with E-state index in [1.165, 1.54) is 0 Å². The Morgan fingerprint density at radius 2 is 1.26 bits per heavy atom. The fourth-order valence-corrected chi connectivity index (χ4v) is 5.23. The third kappa shape index (κ3) is 3.95. The molecule has 0 saturated heterocycles. The second-order valence-electron chi connectivity index (χ2n) is 9.20. The molecule has 184 valence electrons. The Labute approximate surface area is 221 Å². The van der Waals surface area contributed by atoms with Crippen LogP contribution in [0.1, 0.15) is 32.9 Å². The lowest BCUT2D eigenvalue weighted by Gasteiger charge is -2.37. The van der Waals surface area contributed by atoms with E-state index in [4.69, 9.17) is 4.98 Å². The van der Waals surface area contributed by atoms with Crippen LogP contribution in [0.4, 0.5) is 0 Å². The minimum Gasteiger partial charge on any atom is -0.318 e. The molecule has 2 heterocycles. The molecule has 6 rings (SSSR count). The average molecular weight is 495 g/mol. The van der Waals surface area contributed by atoms with Gasteiger partial charge < -0.3 is 4.57 Å². The molecule has 0 aliphatic heterocycles. The number of benzene rings is 4. The summed E-state index contributed by atoms with van der Waals surface area (Å²) in [6, 6.07) is 39.0. The Kier molecular flexibility index (Phi) is 6.02. The highest BCUT2D eigenvalue weighted by atomic mass is 16.1. The van der Waals surface area contributed by atoms with Crippen LogP contribution in [0.2, 0.25) is 0 Å². The van der Waals surface area contributed by atoms with Gasteiger partial charge in [0.05, 0.1) is 17.5 Å². The maximum Gasteiger partial charge on any atom is 0.206 e. The zero-order chi connectivity index (χ0) is 26.0. The number of aryl methyl sites for hydroxylation is 1. The minimum absolute atomic E-state index is 0.156. The molecule has 0 amide bonds. The standard InChI is InChI=1S/C33H26N4O/c1-36-30-20-12-11-19-29(30)32(35-36)31(38)22-21-28-23-37(24-34-28)33(25-13-5-2-6-14-25,26-15-7-3-8-16-26)27-17-9-4-10-18-27/h2-24H,1H3/b22-21+. The molecular formula is C33H26N4O. The molecule has 0 N–H and O–H groups in total. The first-order valence-electron chi connectivity index (χ1n) is 12.5. The summed E-state index contributed by atoms with van der Waals surface area (Å²) >= 11 is 0. The number of aromatic nitrogens is 4. The van der Waals surface area contributed by atoms with Crippen LogP contribution in [0.15, 0.2) is 134 Å². The van der Waals surface area contributed by atoms with Crippen molar-refractivity contribution in [3.05, 3.63) is 162 Å². The summed E-state index contributed by atoms with van der Waals surface area (Å²) in [4.78, 5) is 17.8. The van der Waals surface area contributed by atoms with E-state index in [2.05, 4.69) is 82.5 Å². The van der Waals surface area contributed by atoms with Gasteiger partial charge in [-0.2, -0.15) is 5.10 Å². The lowest BCUT2D eigenvalue weighted by Crippen LogP contribution is -2.36. The van der Waals surface area contributed by atoms with Gasteiger partial charge in [-0.15, -0.1) is 0 Å². The summed E-state index contributed by atoms with van der Waals surface area (Å²) in [5.74, 6) is -0.156. The molecule has 0 saturated carbocycles. The highest BCUT2D eigenvalue weighted by molar-refractivity contribution is 6.13. The number of carbonyl (C=O) groups is 1. The van der Waals surface area contributed by atoms with Gasteiger partial charge in [-0.1, -0.05) is 109 Å². The number of para-hydroxylation sites is 1. The fourth-order valence-electron chi connectivity index (χ4n) is 5.23. The number of nitrogens with zero attached hydrogens (tertiary/aromatic N) is 4. The van der Waals surface area contributed by atoms with E-state index in [-0.39, 0.29) is 5.78 Å². The number of hydrogen-bond acceptors (Lipinski definition) is 3. The van der Waals surface area contributed by atoms with E-state index in [1.54, 1.807) is 16.8 Å². The van der Waals surface area contributed by atoms with Crippen molar-refractivity contribution in [1.29, 1.82) is 0 Å². The first-order valence-corrected chi connectivity index (χ1v) is 12.5. The van der Waals surface area contributed by atoms with E-state index < -0.39 is 5.54 Å². The molecule has 5 heteroatoms.